The number of imidazole rings is 1. The largest absolute Gasteiger partial charge is 0.486 e. The predicted octanol–water partition coefficient (Wildman–Crippen LogP) is 3.32. The van der Waals surface area contributed by atoms with E-state index in [-0.39, 0.29) is 0 Å². The zero-order valence-electron chi connectivity index (χ0n) is 12.1. The summed E-state index contributed by atoms with van der Waals surface area (Å²) in [4.78, 5) is 4.21. The molecule has 0 fully saturated rings. The summed E-state index contributed by atoms with van der Waals surface area (Å²) in [6.45, 7) is 5.59. The number of nitrogens with one attached hydrogen (secondary N) is 1. The third kappa shape index (κ3) is 3.52. The van der Waals surface area contributed by atoms with E-state index in [9.17, 15) is 0 Å². The monoisotopic (exact) mass is 293 g/mol. The van der Waals surface area contributed by atoms with Crippen LogP contribution in [-0.2, 0) is 13.7 Å². The van der Waals surface area contributed by atoms with Crippen LogP contribution in [0.2, 0.25) is 5.15 Å². The molecule has 2 rings (SSSR count). The van der Waals surface area contributed by atoms with Gasteiger partial charge in [0, 0.05) is 13.1 Å². The molecule has 1 aromatic carbocycles. The Hall–Kier alpha value is -1.52. The van der Waals surface area contributed by atoms with Crippen LogP contribution in [0, 0.1) is 0 Å². The van der Waals surface area contributed by atoms with Gasteiger partial charge in [-0.3, -0.25) is 0 Å². The number of halogens is 1. The predicted molar refractivity (Wildman–Crippen MR) is 81.1 cm³/mol. The van der Waals surface area contributed by atoms with Gasteiger partial charge in [-0.25, -0.2) is 4.98 Å². The fourth-order valence-electron chi connectivity index (χ4n) is 2.00. The van der Waals surface area contributed by atoms with Crippen molar-refractivity contribution in [2.45, 2.75) is 26.5 Å². The molecule has 4 nitrogen and oxygen atoms in total. The summed E-state index contributed by atoms with van der Waals surface area (Å²) in [7, 11) is 1.87. The van der Waals surface area contributed by atoms with Crippen molar-refractivity contribution in [2.75, 3.05) is 6.54 Å². The molecule has 0 saturated carbocycles. The molecule has 5 heteroatoms. The van der Waals surface area contributed by atoms with Crippen molar-refractivity contribution in [3.8, 4) is 5.75 Å². The average Bonchev–Trinajstić information content (AvgIpc) is 2.77. The van der Waals surface area contributed by atoms with E-state index in [1.54, 1.807) is 6.20 Å². The molecule has 20 heavy (non-hydrogen) atoms. The Morgan fingerprint density at radius 2 is 2.25 bits per heavy atom. The van der Waals surface area contributed by atoms with Crippen LogP contribution in [0.15, 0.2) is 30.5 Å². The topological polar surface area (TPSA) is 39.1 Å². The van der Waals surface area contributed by atoms with Crippen molar-refractivity contribution >= 4 is 11.6 Å². The van der Waals surface area contributed by atoms with Crippen LogP contribution in [0.25, 0.3) is 0 Å². The van der Waals surface area contributed by atoms with Crippen LogP contribution in [0.3, 0.4) is 0 Å². The van der Waals surface area contributed by atoms with E-state index in [2.05, 4.69) is 36.3 Å². The Morgan fingerprint density at radius 3 is 2.90 bits per heavy atom. The smallest absolute Gasteiger partial charge is 0.147 e. The highest BCUT2D eigenvalue weighted by Gasteiger charge is 2.07. The molecule has 0 amide bonds. The molecule has 108 valence electrons. The molecule has 0 aliphatic carbocycles. The molecule has 2 aromatic rings. The standard InChI is InChI=1S/C15H20ClN3O/c1-4-17-11(2)12-6-5-7-13(8-12)20-10-15-18-9-14(16)19(15)3/h5-9,11,17H,4,10H2,1-3H3. The van der Waals surface area contributed by atoms with Gasteiger partial charge in [-0.15, -0.1) is 0 Å². The first-order valence-corrected chi connectivity index (χ1v) is 7.11. The van der Waals surface area contributed by atoms with E-state index < -0.39 is 0 Å². The van der Waals surface area contributed by atoms with Gasteiger partial charge in [0.15, 0.2) is 0 Å². The maximum absolute atomic E-state index is 5.95. The van der Waals surface area contributed by atoms with Crippen LogP contribution in [-0.4, -0.2) is 16.1 Å². The zero-order valence-corrected chi connectivity index (χ0v) is 12.8. The molecule has 0 bridgehead atoms. The molecule has 0 saturated heterocycles. The summed E-state index contributed by atoms with van der Waals surface area (Å²) in [6.07, 6.45) is 1.63. The third-order valence-corrected chi connectivity index (χ3v) is 3.62. The number of benzene rings is 1. The van der Waals surface area contributed by atoms with Crippen molar-refractivity contribution in [1.29, 1.82) is 0 Å². The maximum Gasteiger partial charge on any atom is 0.147 e. The van der Waals surface area contributed by atoms with E-state index >= 15 is 0 Å². The lowest BCUT2D eigenvalue weighted by Crippen LogP contribution is -2.17. The molecule has 0 aliphatic rings. The van der Waals surface area contributed by atoms with E-state index in [4.69, 9.17) is 16.3 Å². The second-order valence-corrected chi connectivity index (χ2v) is 5.08. The van der Waals surface area contributed by atoms with E-state index in [0.717, 1.165) is 18.1 Å². The Kier molecular flexibility index (Phi) is 5.04. The number of nitrogens with zero attached hydrogens (tertiary/aromatic N) is 2. The first kappa shape index (κ1) is 14.9. The second kappa shape index (κ2) is 6.77. The Morgan fingerprint density at radius 1 is 1.45 bits per heavy atom. The van der Waals surface area contributed by atoms with E-state index in [1.165, 1.54) is 5.56 Å². The summed E-state index contributed by atoms with van der Waals surface area (Å²) in [5, 5.41) is 4.00. The van der Waals surface area contributed by atoms with Gasteiger partial charge in [0.05, 0.1) is 6.20 Å². The molecule has 1 heterocycles. The van der Waals surface area contributed by atoms with Gasteiger partial charge in [-0.2, -0.15) is 0 Å². The van der Waals surface area contributed by atoms with Crippen molar-refractivity contribution in [1.82, 2.24) is 14.9 Å². The molecular weight excluding hydrogens is 274 g/mol. The summed E-state index contributed by atoms with van der Waals surface area (Å²) in [5.41, 5.74) is 1.21. The molecule has 1 N–H and O–H groups in total. The molecule has 1 aromatic heterocycles. The Bertz CT molecular complexity index is 568. The minimum atomic E-state index is 0.311. The van der Waals surface area contributed by atoms with Crippen molar-refractivity contribution in [3.63, 3.8) is 0 Å². The van der Waals surface area contributed by atoms with Crippen LogP contribution in [0.1, 0.15) is 31.3 Å². The summed E-state index contributed by atoms with van der Waals surface area (Å²) in [5.74, 6) is 1.64. The number of hydrogen-bond acceptors (Lipinski definition) is 3. The fraction of sp³-hybridized carbons (Fsp3) is 0.400. The molecule has 0 aliphatic heterocycles. The van der Waals surface area contributed by atoms with Crippen molar-refractivity contribution in [3.05, 3.63) is 47.0 Å². The van der Waals surface area contributed by atoms with Crippen LogP contribution < -0.4 is 10.1 Å². The fourth-order valence-corrected chi connectivity index (χ4v) is 2.15. The second-order valence-electron chi connectivity index (χ2n) is 4.70. The molecule has 1 unspecified atom stereocenters. The normalized spacial score (nSPS) is 12.4. The van der Waals surface area contributed by atoms with Gasteiger partial charge in [0.25, 0.3) is 0 Å². The number of aromatic nitrogens is 2. The van der Waals surface area contributed by atoms with Gasteiger partial charge in [-0.05, 0) is 31.2 Å². The SMILES string of the molecule is CCNC(C)c1cccc(OCc2ncc(Cl)n2C)c1. The molecule has 0 radical (unpaired) electrons. The quantitative estimate of drug-likeness (QED) is 0.888. The van der Waals surface area contributed by atoms with E-state index in [0.29, 0.717) is 17.8 Å². The van der Waals surface area contributed by atoms with Crippen LogP contribution >= 0.6 is 11.6 Å². The molecule has 1 atom stereocenters. The van der Waals surface area contributed by atoms with Gasteiger partial charge in [0.1, 0.15) is 23.3 Å². The van der Waals surface area contributed by atoms with Crippen LogP contribution in [0.5, 0.6) is 5.75 Å². The van der Waals surface area contributed by atoms with Crippen LogP contribution in [0.4, 0.5) is 0 Å². The first-order valence-electron chi connectivity index (χ1n) is 6.74. The maximum atomic E-state index is 5.95. The third-order valence-electron chi connectivity index (χ3n) is 3.26. The van der Waals surface area contributed by atoms with Gasteiger partial charge in [-0.1, -0.05) is 30.7 Å². The lowest BCUT2D eigenvalue weighted by atomic mass is 10.1. The van der Waals surface area contributed by atoms with Gasteiger partial charge >= 0.3 is 0 Å². The zero-order chi connectivity index (χ0) is 14.5. The number of rotatable bonds is 6. The lowest BCUT2D eigenvalue weighted by Gasteiger charge is -2.14. The van der Waals surface area contributed by atoms with Crippen molar-refractivity contribution in [2.24, 2.45) is 7.05 Å². The molecular formula is C15H20ClN3O. The lowest BCUT2D eigenvalue weighted by molar-refractivity contribution is 0.291. The van der Waals surface area contributed by atoms with Crippen molar-refractivity contribution < 1.29 is 4.74 Å². The Labute approximate surface area is 124 Å². The molecule has 0 spiro atoms. The van der Waals surface area contributed by atoms with E-state index in [1.807, 2.05) is 23.7 Å². The summed E-state index contributed by atoms with van der Waals surface area (Å²) >= 11 is 5.95. The highest BCUT2D eigenvalue weighted by atomic mass is 35.5. The minimum absolute atomic E-state index is 0.311. The summed E-state index contributed by atoms with van der Waals surface area (Å²) in [6, 6.07) is 8.41. The highest BCUT2D eigenvalue weighted by molar-refractivity contribution is 6.29. The summed E-state index contributed by atoms with van der Waals surface area (Å²) < 4.78 is 7.60. The first-order chi connectivity index (χ1) is 9.61. The number of hydrogen-bond donors (Lipinski definition) is 1. The Balaban J connectivity index is 2.03. The number of ether oxygens (including phenoxy) is 1. The minimum Gasteiger partial charge on any atom is -0.486 e. The highest BCUT2D eigenvalue weighted by Crippen LogP contribution is 2.20. The van der Waals surface area contributed by atoms with Gasteiger partial charge < -0.3 is 14.6 Å². The van der Waals surface area contributed by atoms with Gasteiger partial charge in [0.2, 0.25) is 0 Å². The average molecular weight is 294 g/mol.